The van der Waals surface area contributed by atoms with E-state index in [4.69, 9.17) is 10.1 Å². The zero-order valence-electron chi connectivity index (χ0n) is 18.8. The first-order valence-corrected chi connectivity index (χ1v) is 11.0. The Kier molecular flexibility index (Phi) is 4.29. The highest BCUT2D eigenvalue weighted by Gasteiger charge is 2.23. The number of anilines is 1. The summed E-state index contributed by atoms with van der Waals surface area (Å²) < 4.78 is 3.44. The van der Waals surface area contributed by atoms with E-state index in [0.717, 1.165) is 57.9 Å². The molecule has 6 rings (SSSR count). The predicted octanol–water partition coefficient (Wildman–Crippen LogP) is 3.29. The second-order valence-electron chi connectivity index (χ2n) is 8.66. The van der Waals surface area contributed by atoms with Crippen molar-refractivity contribution in [3.63, 3.8) is 0 Å². The predicted molar refractivity (Wildman–Crippen MR) is 127 cm³/mol. The SMILES string of the molecule is Cc1cc2nccn2cc1-c1cnc2c(c1)CN(c1nn3c(=O)ccnc3c(C)c1C)CC2. The molecule has 0 aliphatic carbocycles. The molecule has 8 nitrogen and oxygen atoms in total. The summed E-state index contributed by atoms with van der Waals surface area (Å²) in [5, 5.41) is 4.69. The summed E-state index contributed by atoms with van der Waals surface area (Å²) in [7, 11) is 0. The van der Waals surface area contributed by atoms with Gasteiger partial charge in [0.25, 0.3) is 5.56 Å². The minimum atomic E-state index is -0.170. The molecule has 0 aromatic carbocycles. The van der Waals surface area contributed by atoms with Crippen molar-refractivity contribution in [1.29, 1.82) is 0 Å². The van der Waals surface area contributed by atoms with E-state index in [0.29, 0.717) is 12.2 Å². The second kappa shape index (κ2) is 7.23. The fourth-order valence-electron chi connectivity index (χ4n) is 4.67. The summed E-state index contributed by atoms with van der Waals surface area (Å²) in [6.07, 6.45) is 10.2. The Morgan fingerprint density at radius 3 is 2.76 bits per heavy atom. The Morgan fingerprint density at radius 1 is 1.00 bits per heavy atom. The van der Waals surface area contributed by atoms with E-state index in [9.17, 15) is 4.79 Å². The van der Waals surface area contributed by atoms with Crippen LogP contribution in [0.1, 0.15) is 27.9 Å². The average molecular weight is 438 g/mol. The van der Waals surface area contributed by atoms with Gasteiger partial charge >= 0.3 is 0 Å². The molecule has 0 radical (unpaired) electrons. The third-order valence-electron chi connectivity index (χ3n) is 6.64. The Bertz CT molecular complexity index is 1620. The Morgan fingerprint density at radius 2 is 1.88 bits per heavy atom. The molecule has 33 heavy (non-hydrogen) atoms. The molecule has 0 bridgehead atoms. The minimum Gasteiger partial charge on any atom is -0.350 e. The van der Waals surface area contributed by atoms with Gasteiger partial charge in [0.15, 0.2) is 11.5 Å². The van der Waals surface area contributed by atoms with Crippen molar-refractivity contribution in [1.82, 2.24) is 29.0 Å². The minimum absolute atomic E-state index is 0.170. The van der Waals surface area contributed by atoms with Crippen LogP contribution < -0.4 is 10.5 Å². The van der Waals surface area contributed by atoms with Crippen LogP contribution in [-0.4, -0.2) is 35.5 Å². The van der Waals surface area contributed by atoms with E-state index < -0.39 is 0 Å². The lowest BCUT2D eigenvalue weighted by Gasteiger charge is -2.31. The molecule has 0 unspecified atom stereocenters. The molecule has 1 aliphatic heterocycles. The van der Waals surface area contributed by atoms with E-state index in [2.05, 4.69) is 40.1 Å². The maximum atomic E-state index is 12.4. The van der Waals surface area contributed by atoms with Gasteiger partial charge < -0.3 is 9.30 Å². The highest BCUT2D eigenvalue weighted by Crippen LogP contribution is 2.30. The van der Waals surface area contributed by atoms with Crippen molar-refractivity contribution in [3.8, 4) is 11.1 Å². The normalized spacial score (nSPS) is 13.6. The van der Waals surface area contributed by atoms with E-state index in [-0.39, 0.29) is 5.56 Å². The summed E-state index contributed by atoms with van der Waals surface area (Å²) in [5.74, 6) is 0.821. The summed E-state index contributed by atoms with van der Waals surface area (Å²) in [4.78, 5) is 28.2. The van der Waals surface area contributed by atoms with Gasteiger partial charge in [-0.1, -0.05) is 0 Å². The van der Waals surface area contributed by atoms with Crippen LogP contribution in [-0.2, 0) is 13.0 Å². The van der Waals surface area contributed by atoms with Gasteiger partial charge in [0, 0.05) is 84.5 Å². The van der Waals surface area contributed by atoms with Crippen molar-refractivity contribution in [3.05, 3.63) is 87.5 Å². The number of hydrogen-bond acceptors (Lipinski definition) is 6. The molecule has 0 fully saturated rings. The quantitative estimate of drug-likeness (QED) is 0.422. The third kappa shape index (κ3) is 3.09. The fraction of sp³-hybridized carbons (Fsp3) is 0.240. The molecule has 164 valence electrons. The molecule has 0 saturated carbocycles. The zero-order valence-corrected chi connectivity index (χ0v) is 18.8. The van der Waals surface area contributed by atoms with Crippen molar-refractivity contribution < 1.29 is 0 Å². The highest BCUT2D eigenvalue weighted by atomic mass is 16.1. The van der Waals surface area contributed by atoms with Gasteiger partial charge in [0.1, 0.15) is 5.65 Å². The van der Waals surface area contributed by atoms with Crippen LogP contribution in [0.5, 0.6) is 0 Å². The number of pyridine rings is 2. The number of imidazole rings is 1. The topological polar surface area (TPSA) is 80.7 Å². The number of aryl methyl sites for hydroxylation is 2. The number of hydrogen-bond donors (Lipinski definition) is 0. The molecule has 5 aromatic heterocycles. The average Bonchev–Trinajstić information content (AvgIpc) is 3.28. The number of fused-ring (bicyclic) bond motifs is 3. The lowest BCUT2D eigenvalue weighted by atomic mass is 9.98. The molecule has 0 saturated heterocycles. The van der Waals surface area contributed by atoms with Crippen molar-refractivity contribution >= 4 is 17.1 Å². The van der Waals surface area contributed by atoms with Crippen LogP contribution in [0.15, 0.2) is 54.0 Å². The van der Waals surface area contributed by atoms with Crippen molar-refractivity contribution in [2.45, 2.75) is 33.7 Å². The lowest BCUT2D eigenvalue weighted by Crippen LogP contribution is -2.33. The molecule has 1 aliphatic rings. The monoisotopic (exact) mass is 437 g/mol. The molecular formula is C25H23N7O. The maximum absolute atomic E-state index is 12.4. The first kappa shape index (κ1) is 19.6. The van der Waals surface area contributed by atoms with Crippen molar-refractivity contribution in [2.24, 2.45) is 0 Å². The molecular weight excluding hydrogens is 414 g/mol. The maximum Gasteiger partial charge on any atom is 0.274 e. The van der Waals surface area contributed by atoms with E-state index in [1.807, 2.05) is 36.8 Å². The van der Waals surface area contributed by atoms with E-state index >= 15 is 0 Å². The van der Waals surface area contributed by atoms with Crippen molar-refractivity contribution in [2.75, 3.05) is 11.4 Å². The largest absolute Gasteiger partial charge is 0.350 e. The molecule has 8 heteroatoms. The zero-order chi connectivity index (χ0) is 22.7. The van der Waals surface area contributed by atoms with Crippen LogP contribution >= 0.6 is 0 Å². The van der Waals surface area contributed by atoms with Gasteiger partial charge in [-0.3, -0.25) is 9.78 Å². The lowest BCUT2D eigenvalue weighted by molar-refractivity contribution is 0.684. The van der Waals surface area contributed by atoms with E-state index in [1.165, 1.54) is 16.1 Å². The molecule has 0 atom stereocenters. The second-order valence-corrected chi connectivity index (χ2v) is 8.66. The summed E-state index contributed by atoms with van der Waals surface area (Å²) in [5.41, 5.74) is 9.08. The molecule has 0 N–H and O–H groups in total. The number of nitrogens with zero attached hydrogens (tertiary/aromatic N) is 7. The van der Waals surface area contributed by atoms with Gasteiger partial charge in [-0.25, -0.2) is 9.97 Å². The standard InChI is InChI=1S/C25H23N7O/c1-15-10-22-26-7-9-30(22)14-20(15)18-11-19-13-31(8-5-21(19)28-12-18)25-17(3)16(2)24-27-6-4-23(33)32(24)29-25/h4,6-7,9-12,14H,5,8,13H2,1-3H3. The van der Waals surface area contributed by atoms with Crippen LogP contribution in [0, 0.1) is 20.8 Å². The smallest absolute Gasteiger partial charge is 0.274 e. The van der Waals surface area contributed by atoms with Crippen LogP contribution in [0.2, 0.25) is 0 Å². The van der Waals surface area contributed by atoms with Gasteiger partial charge in [0.2, 0.25) is 0 Å². The molecule has 0 spiro atoms. The fourth-order valence-corrected chi connectivity index (χ4v) is 4.67. The van der Waals surface area contributed by atoms with Crippen LogP contribution in [0.4, 0.5) is 5.82 Å². The Balaban J connectivity index is 1.42. The number of rotatable bonds is 2. The first-order valence-electron chi connectivity index (χ1n) is 11.0. The van der Waals surface area contributed by atoms with Gasteiger partial charge in [-0.15, -0.1) is 5.10 Å². The summed E-state index contributed by atoms with van der Waals surface area (Å²) >= 11 is 0. The Labute approximate surface area is 190 Å². The van der Waals surface area contributed by atoms with Gasteiger partial charge in [-0.2, -0.15) is 4.52 Å². The summed E-state index contributed by atoms with van der Waals surface area (Å²) in [6, 6.07) is 5.77. The highest BCUT2D eigenvalue weighted by molar-refractivity contribution is 5.69. The van der Waals surface area contributed by atoms with E-state index in [1.54, 1.807) is 6.20 Å². The molecule has 0 amide bonds. The summed E-state index contributed by atoms with van der Waals surface area (Å²) in [6.45, 7) is 7.63. The van der Waals surface area contributed by atoms with Gasteiger partial charge in [0.05, 0.1) is 0 Å². The third-order valence-corrected chi connectivity index (χ3v) is 6.64. The molecule has 6 heterocycles. The Hall–Kier alpha value is -4.07. The molecule has 5 aromatic rings. The number of aromatic nitrogens is 6. The van der Waals surface area contributed by atoms with Crippen LogP contribution in [0.3, 0.4) is 0 Å². The van der Waals surface area contributed by atoms with Gasteiger partial charge in [-0.05, 0) is 44.0 Å². The first-order chi connectivity index (χ1) is 16.0. The van der Waals surface area contributed by atoms with Crippen LogP contribution in [0.25, 0.3) is 22.4 Å².